The molecule has 15 heavy (non-hydrogen) atoms. The fraction of sp³-hybridized carbons (Fsp3) is 0.111. The number of nitriles is 1. The molecule has 0 unspecified atom stereocenters. The Labute approximate surface area is 90.4 Å². The lowest BCUT2D eigenvalue weighted by Crippen LogP contribution is -2.25. The van der Waals surface area contributed by atoms with Gasteiger partial charge >= 0.3 is 5.24 Å². The molecule has 0 fully saturated rings. The summed E-state index contributed by atoms with van der Waals surface area (Å²) in [6.07, 6.45) is 3.13. The molecule has 0 saturated carbocycles. The first-order valence-electron chi connectivity index (χ1n) is 4.17. The second-order valence-electron chi connectivity index (χ2n) is 2.70. The lowest BCUT2D eigenvalue weighted by Gasteiger charge is -2.18. The average molecular weight is 218 g/mol. The Kier molecular flexibility index (Phi) is 2.65. The van der Waals surface area contributed by atoms with Gasteiger partial charge in [-0.2, -0.15) is 15.4 Å². The van der Waals surface area contributed by atoms with Crippen LogP contribution in [0.4, 0.5) is 10.5 Å². The van der Waals surface area contributed by atoms with E-state index in [0.717, 1.165) is 0 Å². The smallest absolute Gasteiger partial charge is 0.259 e. The fourth-order valence-electron chi connectivity index (χ4n) is 1.12. The molecule has 1 aromatic heterocycles. The SMILES string of the molecule is N#Cc1cc(N2N=CCSC2=O)ccn1. The van der Waals surface area contributed by atoms with Gasteiger partial charge in [0.1, 0.15) is 11.8 Å². The molecular formula is C9H6N4OS. The first kappa shape index (κ1) is 9.68. The van der Waals surface area contributed by atoms with Crippen molar-refractivity contribution in [2.24, 2.45) is 5.10 Å². The van der Waals surface area contributed by atoms with Crippen LogP contribution >= 0.6 is 11.8 Å². The third-order valence-corrected chi connectivity index (χ3v) is 2.49. The summed E-state index contributed by atoms with van der Waals surface area (Å²) in [5, 5.41) is 13.7. The minimum Gasteiger partial charge on any atom is -0.259 e. The van der Waals surface area contributed by atoms with Crippen LogP contribution in [0.3, 0.4) is 0 Å². The molecule has 0 radical (unpaired) electrons. The van der Waals surface area contributed by atoms with Crippen molar-refractivity contribution >= 4 is 28.9 Å². The van der Waals surface area contributed by atoms with E-state index in [1.165, 1.54) is 29.0 Å². The van der Waals surface area contributed by atoms with Gasteiger partial charge in [-0.3, -0.25) is 4.79 Å². The summed E-state index contributed by atoms with van der Waals surface area (Å²) in [6.45, 7) is 0. The Hall–Kier alpha value is -1.87. The van der Waals surface area contributed by atoms with E-state index in [1.807, 2.05) is 6.07 Å². The topological polar surface area (TPSA) is 69.3 Å². The van der Waals surface area contributed by atoms with Crippen LogP contribution < -0.4 is 5.01 Å². The zero-order valence-electron chi connectivity index (χ0n) is 7.62. The monoisotopic (exact) mass is 218 g/mol. The molecule has 74 valence electrons. The van der Waals surface area contributed by atoms with Crippen LogP contribution in [0.1, 0.15) is 5.69 Å². The van der Waals surface area contributed by atoms with E-state index in [0.29, 0.717) is 11.4 Å². The molecule has 2 rings (SSSR count). The minimum atomic E-state index is -0.146. The highest BCUT2D eigenvalue weighted by Gasteiger charge is 2.18. The van der Waals surface area contributed by atoms with Gasteiger partial charge in [-0.1, -0.05) is 11.8 Å². The number of pyridine rings is 1. The van der Waals surface area contributed by atoms with Crippen LogP contribution in [-0.2, 0) is 0 Å². The molecular weight excluding hydrogens is 212 g/mol. The number of hydrogen-bond acceptors (Lipinski definition) is 5. The zero-order chi connectivity index (χ0) is 10.7. The van der Waals surface area contributed by atoms with Gasteiger partial charge < -0.3 is 0 Å². The van der Waals surface area contributed by atoms with Crippen LogP contribution in [0.5, 0.6) is 0 Å². The highest BCUT2D eigenvalue weighted by molar-refractivity contribution is 8.14. The van der Waals surface area contributed by atoms with Gasteiger partial charge in [-0.15, -0.1) is 0 Å². The third-order valence-electron chi connectivity index (χ3n) is 1.75. The third kappa shape index (κ3) is 1.97. The van der Waals surface area contributed by atoms with Gasteiger partial charge in [0.05, 0.1) is 5.69 Å². The Bertz CT molecular complexity index is 465. The molecule has 5 nitrogen and oxygen atoms in total. The highest BCUT2D eigenvalue weighted by Crippen LogP contribution is 2.22. The predicted octanol–water partition coefficient (Wildman–Crippen LogP) is 1.61. The van der Waals surface area contributed by atoms with Crippen molar-refractivity contribution in [3.8, 4) is 6.07 Å². The van der Waals surface area contributed by atoms with Crippen LogP contribution in [0.25, 0.3) is 0 Å². The van der Waals surface area contributed by atoms with E-state index in [9.17, 15) is 4.79 Å². The molecule has 0 spiro atoms. The summed E-state index contributed by atoms with van der Waals surface area (Å²) in [4.78, 5) is 15.3. The first-order chi connectivity index (χ1) is 7.31. The van der Waals surface area contributed by atoms with Crippen molar-refractivity contribution in [3.63, 3.8) is 0 Å². The summed E-state index contributed by atoms with van der Waals surface area (Å²) in [5.41, 5.74) is 0.834. The molecule has 2 heterocycles. The van der Waals surface area contributed by atoms with Crippen molar-refractivity contribution in [3.05, 3.63) is 24.0 Å². The Morgan fingerprint density at radius 1 is 1.60 bits per heavy atom. The maximum atomic E-state index is 11.5. The largest absolute Gasteiger partial charge is 0.306 e. The summed E-state index contributed by atoms with van der Waals surface area (Å²) >= 11 is 1.17. The van der Waals surface area contributed by atoms with E-state index >= 15 is 0 Å². The molecule has 1 aromatic rings. The number of aromatic nitrogens is 1. The van der Waals surface area contributed by atoms with Crippen LogP contribution in [-0.4, -0.2) is 22.2 Å². The van der Waals surface area contributed by atoms with Gasteiger partial charge in [0.15, 0.2) is 0 Å². The summed E-state index contributed by atoms with van der Waals surface area (Å²) in [6, 6.07) is 5.08. The number of rotatable bonds is 1. The molecule has 0 aromatic carbocycles. The molecule has 6 heteroatoms. The lowest BCUT2D eigenvalue weighted by atomic mass is 10.3. The molecule has 0 atom stereocenters. The molecule has 1 aliphatic heterocycles. The molecule has 1 aliphatic rings. The molecule has 0 bridgehead atoms. The second-order valence-corrected chi connectivity index (χ2v) is 3.67. The van der Waals surface area contributed by atoms with Crippen molar-refractivity contribution in [2.75, 3.05) is 10.8 Å². The van der Waals surface area contributed by atoms with Gasteiger partial charge in [0.25, 0.3) is 0 Å². The van der Waals surface area contributed by atoms with E-state index in [2.05, 4.69) is 10.1 Å². The van der Waals surface area contributed by atoms with Crippen LogP contribution in [0.2, 0.25) is 0 Å². The molecule has 0 aliphatic carbocycles. The van der Waals surface area contributed by atoms with Gasteiger partial charge in [-0.25, -0.2) is 4.98 Å². The van der Waals surface area contributed by atoms with Crippen LogP contribution in [0, 0.1) is 11.3 Å². The quantitative estimate of drug-likeness (QED) is 0.718. The van der Waals surface area contributed by atoms with E-state index < -0.39 is 0 Å². The van der Waals surface area contributed by atoms with E-state index in [1.54, 1.807) is 12.3 Å². The standard InChI is InChI=1S/C9H6N4OS/c10-6-7-5-8(1-2-11-7)13-9(14)15-4-3-12-13/h1-3,5H,4H2. The summed E-state index contributed by atoms with van der Waals surface area (Å²) in [7, 11) is 0. The number of carbonyl (C=O) groups is 1. The maximum absolute atomic E-state index is 11.5. The maximum Gasteiger partial charge on any atom is 0.306 e. The van der Waals surface area contributed by atoms with Crippen molar-refractivity contribution in [1.29, 1.82) is 5.26 Å². The number of nitrogens with zero attached hydrogens (tertiary/aromatic N) is 4. The van der Waals surface area contributed by atoms with E-state index in [4.69, 9.17) is 5.26 Å². The van der Waals surface area contributed by atoms with Crippen molar-refractivity contribution in [1.82, 2.24) is 4.98 Å². The second kappa shape index (κ2) is 4.11. The van der Waals surface area contributed by atoms with Gasteiger partial charge in [0.2, 0.25) is 0 Å². The van der Waals surface area contributed by atoms with E-state index in [-0.39, 0.29) is 10.9 Å². The number of hydrogen-bond donors (Lipinski definition) is 0. The Balaban J connectivity index is 2.36. The average Bonchev–Trinajstić information content (AvgIpc) is 2.30. The summed E-state index contributed by atoms with van der Waals surface area (Å²) < 4.78 is 0. The van der Waals surface area contributed by atoms with Crippen molar-refractivity contribution in [2.45, 2.75) is 0 Å². The Morgan fingerprint density at radius 2 is 2.47 bits per heavy atom. The molecule has 0 saturated heterocycles. The zero-order valence-corrected chi connectivity index (χ0v) is 8.44. The number of anilines is 1. The van der Waals surface area contributed by atoms with Crippen LogP contribution in [0.15, 0.2) is 23.4 Å². The van der Waals surface area contributed by atoms with Gasteiger partial charge in [-0.05, 0) is 6.07 Å². The Morgan fingerprint density at radius 3 is 3.20 bits per heavy atom. The number of amides is 1. The molecule has 1 amide bonds. The first-order valence-corrected chi connectivity index (χ1v) is 5.15. The number of thioether (sulfide) groups is 1. The summed E-state index contributed by atoms with van der Waals surface area (Å²) in [5.74, 6) is 0.589. The van der Waals surface area contributed by atoms with Gasteiger partial charge in [0, 0.05) is 24.2 Å². The number of hydrazone groups is 1. The normalized spacial score (nSPS) is 15.1. The lowest BCUT2D eigenvalue weighted by molar-refractivity contribution is 0.265. The molecule has 0 N–H and O–H groups in total. The number of carbonyl (C=O) groups excluding carboxylic acids is 1. The van der Waals surface area contributed by atoms with Crippen molar-refractivity contribution < 1.29 is 4.79 Å². The fourth-order valence-corrected chi connectivity index (χ4v) is 1.67. The minimum absolute atomic E-state index is 0.146. The highest BCUT2D eigenvalue weighted by atomic mass is 32.2. The predicted molar refractivity (Wildman–Crippen MR) is 57.8 cm³/mol.